The Kier molecular flexibility index (Phi) is 10.5. The minimum Gasteiger partial charge on any atom is -0.325 e. The number of rotatable bonds is 10. The maximum absolute atomic E-state index is 14.4. The molecule has 0 bridgehead atoms. The summed E-state index contributed by atoms with van der Waals surface area (Å²) in [7, 11) is 0. The van der Waals surface area contributed by atoms with Crippen LogP contribution in [0.1, 0.15) is 34.8 Å². The molecule has 0 heterocycles. The van der Waals surface area contributed by atoms with Crippen LogP contribution in [-0.2, 0) is 9.59 Å². The van der Waals surface area contributed by atoms with Gasteiger partial charge < -0.3 is 16.0 Å². The standard InChI is InChI=1S/C33H29ClFN3O3S/c1-3-30(33(41)37-28-18-10-16-26(34)21(28)2)42-25-15-9-14-24(20-25)36-32(40)29(19-23-13-7-8-17-27(23)35)38-31(39)22-11-5-4-6-12-22/h4-20,30H,3H2,1-2H3,(H,36,40)(H,37,41)(H,38,39)/b29-19-. The Hall–Kier alpha value is -4.40. The van der Waals surface area contributed by atoms with Crippen LogP contribution in [-0.4, -0.2) is 23.0 Å². The number of amides is 3. The second-order valence-corrected chi connectivity index (χ2v) is 11.0. The van der Waals surface area contributed by atoms with Crippen molar-refractivity contribution in [3.63, 3.8) is 0 Å². The molecule has 42 heavy (non-hydrogen) atoms. The highest BCUT2D eigenvalue weighted by molar-refractivity contribution is 8.00. The first-order valence-electron chi connectivity index (χ1n) is 13.2. The summed E-state index contributed by atoms with van der Waals surface area (Å²) in [6, 6.07) is 26.8. The van der Waals surface area contributed by atoms with E-state index in [1.54, 1.807) is 72.8 Å². The van der Waals surface area contributed by atoms with Gasteiger partial charge in [0.05, 0.1) is 5.25 Å². The van der Waals surface area contributed by atoms with Crippen LogP contribution < -0.4 is 16.0 Å². The second kappa shape index (κ2) is 14.5. The quantitative estimate of drug-likeness (QED) is 0.128. The van der Waals surface area contributed by atoms with Gasteiger partial charge in [-0.25, -0.2) is 4.39 Å². The zero-order valence-corrected chi connectivity index (χ0v) is 24.6. The number of halogens is 2. The van der Waals surface area contributed by atoms with Crippen molar-refractivity contribution < 1.29 is 18.8 Å². The second-order valence-electron chi connectivity index (χ2n) is 9.30. The minimum absolute atomic E-state index is 0.130. The minimum atomic E-state index is -0.633. The van der Waals surface area contributed by atoms with E-state index in [-0.39, 0.29) is 17.2 Å². The number of benzene rings is 4. The van der Waals surface area contributed by atoms with Gasteiger partial charge in [0.1, 0.15) is 11.5 Å². The molecule has 0 aliphatic heterocycles. The monoisotopic (exact) mass is 601 g/mol. The van der Waals surface area contributed by atoms with Gasteiger partial charge in [0, 0.05) is 32.4 Å². The summed E-state index contributed by atoms with van der Waals surface area (Å²) in [5.41, 5.74) is 2.25. The first kappa shape index (κ1) is 30.6. The van der Waals surface area contributed by atoms with E-state index in [1.165, 1.54) is 36.0 Å². The summed E-state index contributed by atoms with van der Waals surface area (Å²) in [4.78, 5) is 40.0. The molecule has 6 nitrogen and oxygen atoms in total. The van der Waals surface area contributed by atoms with Gasteiger partial charge in [-0.2, -0.15) is 0 Å². The molecule has 4 aromatic carbocycles. The maximum atomic E-state index is 14.4. The van der Waals surface area contributed by atoms with E-state index >= 15 is 0 Å². The fraction of sp³-hybridized carbons (Fsp3) is 0.121. The molecule has 0 saturated carbocycles. The molecule has 4 rings (SSSR count). The van der Waals surface area contributed by atoms with Gasteiger partial charge in [0.25, 0.3) is 11.8 Å². The molecule has 3 N–H and O–H groups in total. The largest absolute Gasteiger partial charge is 0.325 e. The van der Waals surface area contributed by atoms with Gasteiger partial charge in [-0.15, -0.1) is 11.8 Å². The Morgan fingerprint density at radius 1 is 0.905 bits per heavy atom. The lowest BCUT2D eigenvalue weighted by atomic mass is 10.1. The van der Waals surface area contributed by atoms with E-state index in [0.29, 0.717) is 28.4 Å². The highest BCUT2D eigenvalue weighted by Gasteiger charge is 2.20. The highest BCUT2D eigenvalue weighted by Crippen LogP contribution is 2.30. The number of thioether (sulfide) groups is 1. The molecule has 0 saturated heterocycles. The van der Waals surface area contributed by atoms with Crippen LogP contribution in [0.15, 0.2) is 108 Å². The van der Waals surface area contributed by atoms with Crippen molar-refractivity contribution in [3.05, 3.63) is 130 Å². The molecule has 3 amide bonds. The van der Waals surface area contributed by atoms with Crippen molar-refractivity contribution in [1.82, 2.24) is 5.32 Å². The Morgan fingerprint density at radius 2 is 1.62 bits per heavy atom. The molecular weight excluding hydrogens is 573 g/mol. The maximum Gasteiger partial charge on any atom is 0.272 e. The number of carbonyl (C=O) groups excluding carboxylic acids is 3. The van der Waals surface area contributed by atoms with Crippen LogP contribution in [0.4, 0.5) is 15.8 Å². The van der Waals surface area contributed by atoms with Crippen molar-refractivity contribution in [3.8, 4) is 0 Å². The Bertz CT molecular complexity index is 1630. The Morgan fingerprint density at radius 3 is 2.36 bits per heavy atom. The molecule has 0 radical (unpaired) electrons. The topological polar surface area (TPSA) is 87.3 Å². The van der Waals surface area contributed by atoms with Crippen molar-refractivity contribution in [2.24, 2.45) is 0 Å². The molecule has 4 aromatic rings. The third kappa shape index (κ3) is 8.09. The van der Waals surface area contributed by atoms with Gasteiger partial charge in [-0.1, -0.05) is 67.1 Å². The van der Waals surface area contributed by atoms with Crippen LogP contribution in [0.25, 0.3) is 6.08 Å². The number of nitrogens with one attached hydrogen (secondary N) is 3. The van der Waals surface area contributed by atoms with Crippen molar-refractivity contribution in [2.45, 2.75) is 30.4 Å². The molecule has 1 unspecified atom stereocenters. The van der Waals surface area contributed by atoms with Crippen molar-refractivity contribution in [2.75, 3.05) is 10.6 Å². The molecule has 214 valence electrons. The SMILES string of the molecule is CCC(Sc1cccc(NC(=O)/C(=C/c2ccccc2F)NC(=O)c2ccccc2)c1)C(=O)Nc1cccc(Cl)c1C. The molecule has 0 aromatic heterocycles. The summed E-state index contributed by atoms with van der Waals surface area (Å²) < 4.78 is 14.4. The van der Waals surface area contributed by atoms with E-state index in [1.807, 2.05) is 19.9 Å². The summed E-state index contributed by atoms with van der Waals surface area (Å²) in [5, 5.41) is 8.50. The lowest BCUT2D eigenvalue weighted by molar-refractivity contribution is -0.116. The zero-order chi connectivity index (χ0) is 30.1. The van der Waals surface area contributed by atoms with Gasteiger partial charge in [0.15, 0.2) is 0 Å². The first-order valence-corrected chi connectivity index (χ1v) is 14.5. The third-order valence-electron chi connectivity index (χ3n) is 6.29. The van der Waals surface area contributed by atoms with Gasteiger partial charge >= 0.3 is 0 Å². The summed E-state index contributed by atoms with van der Waals surface area (Å²) in [6.07, 6.45) is 1.85. The van der Waals surface area contributed by atoms with Crippen LogP contribution >= 0.6 is 23.4 Å². The van der Waals surface area contributed by atoms with Crippen molar-refractivity contribution in [1.29, 1.82) is 0 Å². The van der Waals surface area contributed by atoms with Crippen LogP contribution in [0.3, 0.4) is 0 Å². The predicted octanol–water partition coefficient (Wildman–Crippen LogP) is 7.71. The fourth-order valence-corrected chi connectivity index (χ4v) is 5.17. The lowest BCUT2D eigenvalue weighted by Gasteiger charge is -2.17. The summed E-state index contributed by atoms with van der Waals surface area (Å²) in [6.45, 7) is 3.76. The fourth-order valence-electron chi connectivity index (χ4n) is 3.98. The number of anilines is 2. The number of hydrogen-bond acceptors (Lipinski definition) is 4. The average Bonchev–Trinajstić information content (AvgIpc) is 2.99. The van der Waals surface area contributed by atoms with E-state index in [2.05, 4.69) is 16.0 Å². The molecule has 1 atom stereocenters. The number of hydrogen-bond donors (Lipinski definition) is 3. The van der Waals surface area contributed by atoms with E-state index in [4.69, 9.17) is 11.6 Å². The molecule has 0 fully saturated rings. The first-order chi connectivity index (χ1) is 20.2. The molecule has 9 heteroatoms. The Balaban J connectivity index is 1.51. The lowest BCUT2D eigenvalue weighted by Crippen LogP contribution is -2.30. The summed E-state index contributed by atoms with van der Waals surface area (Å²) >= 11 is 7.55. The average molecular weight is 602 g/mol. The van der Waals surface area contributed by atoms with E-state index in [9.17, 15) is 18.8 Å². The van der Waals surface area contributed by atoms with E-state index in [0.717, 1.165) is 10.5 Å². The molecule has 0 aliphatic rings. The molecular formula is C33H29ClFN3O3S. The smallest absolute Gasteiger partial charge is 0.272 e. The van der Waals surface area contributed by atoms with Gasteiger partial charge in [0.2, 0.25) is 5.91 Å². The Labute approximate surface area is 253 Å². The predicted molar refractivity (Wildman–Crippen MR) is 168 cm³/mol. The van der Waals surface area contributed by atoms with Gasteiger partial charge in [-0.05, 0) is 73.5 Å². The van der Waals surface area contributed by atoms with E-state index < -0.39 is 22.9 Å². The molecule has 0 spiro atoms. The number of carbonyl (C=O) groups is 3. The summed E-state index contributed by atoms with van der Waals surface area (Å²) in [5.74, 6) is -1.84. The van der Waals surface area contributed by atoms with Crippen molar-refractivity contribution >= 4 is 58.5 Å². The van der Waals surface area contributed by atoms with Gasteiger partial charge in [-0.3, -0.25) is 14.4 Å². The van der Waals surface area contributed by atoms with Crippen LogP contribution in [0.5, 0.6) is 0 Å². The highest BCUT2D eigenvalue weighted by atomic mass is 35.5. The zero-order valence-electron chi connectivity index (χ0n) is 23.0. The normalized spacial score (nSPS) is 11.9. The molecule has 0 aliphatic carbocycles. The third-order valence-corrected chi connectivity index (χ3v) is 8.06. The van der Waals surface area contributed by atoms with Crippen LogP contribution in [0, 0.1) is 12.7 Å². The van der Waals surface area contributed by atoms with Crippen LogP contribution in [0.2, 0.25) is 5.02 Å².